The highest BCUT2D eigenvalue weighted by molar-refractivity contribution is 5.79. The number of aliphatic hydroxyl groups is 1. The van der Waals surface area contributed by atoms with E-state index in [0.29, 0.717) is 24.3 Å². The number of halogens is 1. The fraction of sp³-hybridized carbons (Fsp3) is 0.667. The smallest absolute Gasteiger partial charge is 0.320 e. The second-order valence-corrected chi connectivity index (χ2v) is 9.44. The van der Waals surface area contributed by atoms with E-state index in [1.54, 1.807) is 12.1 Å². The molecule has 0 aromatic heterocycles. The summed E-state index contributed by atoms with van der Waals surface area (Å²) < 4.78 is 13.4. The lowest BCUT2D eigenvalue weighted by Crippen LogP contribution is -2.62. The molecule has 2 amide bonds. The third-order valence-electron chi connectivity index (χ3n) is 7.77. The van der Waals surface area contributed by atoms with Crippen LogP contribution in [-0.2, 0) is 5.54 Å². The number of carbonyl (C=O) groups excluding carboxylic acids is 1. The molecule has 5 heteroatoms. The summed E-state index contributed by atoms with van der Waals surface area (Å²) in [6, 6.07) is 6.84. The van der Waals surface area contributed by atoms with Crippen LogP contribution in [0.15, 0.2) is 24.3 Å². The van der Waals surface area contributed by atoms with Gasteiger partial charge in [-0.3, -0.25) is 0 Å². The number of amides is 2. The van der Waals surface area contributed by atoms with Crippen molar-refractivity contribution in [3.8, 4) is 0 Å². The predicted molar refractivity (Wildman–Crippen MR) is 95.9 cm³/mol. The van der Waals surface area contributed by atoms with E-state index in [1.165, 1.54) is 12.1 Å². The number of rotatable bonds is 2. The third kappa shape index (κ3) is 2.19. The molecule has 1 aliphatic heterocycles. The summed E-state index contributed by atoms with van der Waals surface area (Å²) in [6.45, 7) is 2.70. The summed E-state index contributed by atoms with van der Waals surface area (Å²) in [7, 11) is 1.86. The largest absolute Gasteiger partial charge is 0.390 e. The summed E-state index contributed by atoms with van der Waals surface area (Å²) in [5.74, 6) is 1.21. The predicted octanol–water partition coefficient (Wildman–Crippen LogP) is 3.35. The van der Waals surface area contributed by atoms with Crippen molar-refractivity contribution in [3.05, 3.63) is 35.6 Å². The molecule has 5 fully saturated rings. The molecule has 4 bridgehead atoms. The number of nitrogens with zero attached hydrogens (tertiary/aromatic N) is 2. The van der Waals surface area contributed by atoms with Gasteiger partial charge < -0.3 is 14.9 Å². The first kappa shape index (κ1) is 16.5. The van der Waals surface area contributed by atoms with Gasteiger partial charge >= 0.3 is 6.03 Å². The molecular weight excluding hydrogens is 331 g/mol. The lowest BCUT2D eigenvalue weighted by atomic mass is 9.52. The number of likely N-dealkylation sites (N-methyl/N-ethyl adjacent to an activating group) is 1. The number of benzene rings is 1. The van der Waals surface area contributed by atoms with Crippen LogP contribution in [0.4, 0.5) is 9.18 Å². The Morgan fingerprint density at radius 2 is 1.73 bits per heavy atom. The summed E-state index contributed by atoms with van der Waals surface area (Å²) in [6.07, 6.45) is 4.92. The Morgan fingerprint density at radius 3 is 2.31 bits per heavy atom. The van der Waals surface area contributed by atoms with Crippen LogP contribution in [0.25, 0.3) is 0 Å². The Balaban J connectivity index is 1.46. The average molecular weight is 358 g/mol. The van der Waals surface area contributed by atoms with Gasteiger partial charge in [0.05, 0.1) is 17.7 Å². The minimum Gasteiger partial charge on any atom is -0.390 e. The Morgan fingerprint density at radius 1 is 1.12 bits per heavy atom. The molecule has 6 rings (SSSR count). The molecule has 1 aromatic rings. The molecule has 0 spiro atoms. The lowest BCUT2D eigenvalue weighted by molar-refractivity contribution is -0.152. The van der Waals surface area contributed by atoms with Crippen molar-refractivity contribution in [1.82, 2.24) is 9.80 Å². The molecule has 26 heavy (non-hydrogen) atoms. The van der Waals surface area contributed by atoms with Crippen LogP contribution in [0.1, 0.15) is 44.6 Å². The average Bonchev–Trinajstić information content (AvgIpc) is 2.79. The fourth-order valence-corrected chi connectivity index (χ4v) is 6.70. The highest BCUT2D eigenvalue weighted by Crippen LogP contribution is 2.58. The van der Waals surface area contributed by atoms with Crippen molar-refractivity contribution in [3.63, 3.8) is 0 Å². The quantitative estimate of drug-likeness (QED) is 0.881. The molecule has 1 saturated heterocycles. The van der Waals surface area contributed by atoms with E-state index in [0.717, 1.165) is 37.7 Å². The molecule has 0 radical (unpaired) electrons. The van der Waals surface area contributed by atoms with Gasteiger partial charge in [0.1, 0.15) is 5.82 Å². The Hall–Kier alpha value is -1.62. The number of hydrogen-bond acceptors (Lipinski definition) is 2. The highest BCUT2D eigenvalue weighted by Gasteiger charge is 2.59. The molecule has 5 aliphatic rings. The first-order valence-electron chi connectivity index (χ1n) is 9.82. The summed E-state index contributed by atoms with van der Waals surface area (Å²) in [5.41, 5.74) is 0.0397. The molecule has 4 nitrogen and oxygen atoms in total. The van der Waals surface area contributed by atoms with Crippen LogP contribution in [0.5, 0.6) is 0 Å². The van der Waals surface area contributed by atoms with Crippen molar-refractivity contribution in [2.24, 2.45) is 17.8 Å². The van der Waals surface area contributed by atoms with E-state index in [9.17, 15) is 14.3 Å². The van der Waals surface area contributed by atoms with Crippen LogP contribution in [0.3, 0.4) is 0 Å². The van der Waals surface area contributed by atoms with E-state index in [4.69, 9.17) is 0 Å². The normalized spacial score (nSPS) is 44.2. The monoisotopic (exact) mass is 358 g/mol. The molecule has 1 heterocycles. The molecule has 4 saturated carbocycles. The Bertz CT molecular complexity index is 735. The number of carbonyl (C=O) groups is 1. The maximum Gasteiger partial charge on any atom is 0.320 e. The van der Waals surface area contributed by atoms with E-state index in [-0.39, 0.29) is 17.9 Å². The van der Waals surface area contributed by atoms with Crippen LogP contribution in [0.2, 0.25) is 0 Å². The third-order valence-corrected chi connectivity index (χ3v) is 7.77. The van der Waals surface area contributed by atoms with Gasteiger partial charge in [-0.1, -0.05) is 12.1 Å². The zero-order valence-electron chi connectivity index (χ0n) is 15.5. The van der Waals surface area contributed by atoms with Crippen LogP contribution in [-0.4, -0.2) is 46.2 Å². The van der Waals surface area contributed by atoms with Crippen LogP contribution in [0, 0.1) is 23.6 Å². The SMILES string of the molecule is CN1C(=O)N(C2C3CC4CC2CC(O)(C4)C3)CC1(C)c1ccc(F)cc1. The van der Waals surface area contributed by atoms with E-state index < -0.39 is 11.1 Å². The van der Waals surface area contributed by atoms with Gasteiger partial charge in [-0.25, -0.2) is 9.18 Å². The zero-order valence-corrected chi connectivity index (χ0v) is 15.5. The topological polar surface area (TPSA) is 43.8 Å². The standard InChI is InChI=1S/C21H27FN2O2/c1-20(16-3-5-17(22)6-4-16)12-24(19(25)23(20)2)18-14-7-13-8-15(18)11-21(26,9-13)10-14/h3-6,13-15,18,26H,7-12H2,1-2H3. The van der Waals surface area contributed by atoms with Gasteiger partial charge in [0.2, 0.25) is 0 Å². The molecule has 4 aliphatic carbocycles. The van der Waals surface area contributed by atoms with Gasteiger partial charge in [-0.05, 0) is 74.5 Å². The van der Waals surface area contributed by atoms with Crippen molar-refractivity contribution >= 4 is 6.03 Å². The molecule has 1 aromatic carbocycles. The second kappa shape index (κ2) is 5.22. The van der Waals surface area contributed by atoms with Crippen molar-refractivity contribution in [2.45, 2.75) is 56.2 Å². The van der Waals surface area contributed by atoms with Crippen molar-refractivity contribution in [2.75, 3.05) is 13.6 Å². The molecule has 3 atom stereocenters. The van der Waals surface area contributed by atoms with Gasteiger partial charge in [0.25, 0.3) is 0 Å². The molecular formula is C21H27FN2O2. The van der Waals surface area contributed by atoms with E-state index >= 15 is 0 Å². The van der Waals surface area contributed by atoms with Gasteiger partial charge in [-0.15, -0.1) is 0 Å². The molecule has 3 unspecified atom stereocenters. The Kier molecular flexibility index (Phi) is 3.32. The maximum absolute atomic E-state index is 13.4. The highest BCUT2D eigenvalue weighted by atomic mass is 19.1. The lowest BCUT2D eigenvalue weighted by Gasteiger charge is -2.59. The Labute approximate surface area is 154 Å². The summed E-state index contributed by atoms with van der Waals surface area (Å²) in [4.78, 5) is 17.1. The molecule has 140 valence electrons. The van der Waals surface area contributed by atoms with E-state index in [1.807, 2.05) is 11.9 Å². The maximum atomic E-state index is 13.4. The number of urea groups is 1. The summed E-state index contributed by atoms with van der Waals surface area (Å²) >= 11 is 0. The van der Waals surface area contributed by atoms with Crippen molar-refractivity contribution < 1.29 is 14.3 Å². The minimum atomic E-state index is -0.484. The fourth-order valence-electron chi connectivity index (χ4n) is 6.70. The second-order valence-electron chi connectivity index (χ2n) is 9.44. The first-order chi connectivity index (χ1) is 12.3. The minimum absolute atomic E-state index is 0.0706. The van der Waals surface area contributed by atoms with E-state index in [2.05, 4.69) is 11.8 Å². The van der Waals surface area contributed by atoms with Gasteiger partial charge in [0.15, 0.2) is 0 Å². The molecule has 1 N–H and O–H groups in total. The van der Waals surface area contributed by atoms with Crippen LogP contribution < -0.4 is 0 Å². The number of hydrogen-bond donors (Lipinski definition) is 1. The van der Waals surface area contributed by atoms with Crippen LogP contribution >= 0.6 is 0 Å². The zero-order chi connectivity index (χ0) is 18.3. The summed E-state index contributed by atoms with van der Waals surface area (Å²) in [5, 5.41) is 10.8. The van der Waals surface area contributed by atoms with Crippen molar-refractivity contribution in [1.29, 1.82) is 0 Å². The van der Waals surface area contributed by atoms with Gasteiger partial charge in [0, 0.05) is 13.1 Å². The first-order valence-corrected chi connectivity index (χ1v) is 9.82. The van der Waals surface area contributed by atoms with Gasteiger partial charge in [-0.2, -0.15) is 0 Å².